The maximum atomic E-state index is 13.2. The predicted octanol–water partition coefficient (Wildman–Crippen LogP) is 6.62. The SMILES string of the molecule is O=C(Cc1cccc2ccccc12)Nc1cc2c3c(c1)[C@@H]1CCC[C@@H]1CN3C[C@H]1CCC[C@@H]21. The molecule has 4 aliphatic rings. The normalized spacial score (nSPS) is 27.2. The number of fused-ring (bicyclic) bond motifs is 5. The quantitative estimate of drug-likeness (QED) is 0.500. The van der Waals surface area contributed by atoms with E-state index in [9.17, 15) is 4.79 Å². The van der Waals surface area contributed by atoms with Crippen molar-refractivity contribution in [3.63, 3.8) is 0 Å². The first-order valence-electron chi connectivity index (χ1n) is 12.9. The highest BCUT2D eigenvalue weighted by atomic mass is 16.1. The van der Waals surface area contributed by atoms with Gasteiger partial charge < -0.3 is 10.2 Å². The Labute approximate surface area is 196 Å². The molecule has 168 valence electrons. The molecular weight excluding hydrogens is 404 g/mol. The van der Waals surface area contributed by atoms with Crippen LogP contribution in [0.15, 0.2) is 54.6 Å². The Kier molecular flexibility index (Phi) is 4.53. The first-order valence-corrected chi connectivity index (χ1v) is 12.9. The number of rotatable bonds is 3. The summed E-state index contributed by atoms with van der Waals surface area (Å²) in [6.07, 6.45) is 8.46. The Hall–Kier alpha value is -2.81. The van der Waals surface area contributed by atoms with Gasteiger partial charge in [0.1, 0.15) is 0 Å². The molecule has 2 aliphatic heterocycles. The number of anilines is 2. The summed E-state index contributed by atoms with van der Waals surface area (Å²) < 4.78 is 0. The molecule has 2 aliphatic carbocycles. The number of amides is 1. The predicted molar refractivity (Wildman–Crippen MR) is 135 cm³/mol. The topological polar surface area (TPSA) is 32.3 Å². The number of hydrogen-bond donors (Lipinski definition) is 1. The number of hydrogen-bond acceptors (Lipinski definition) is 2. The molecule has 0 radical (unpaired) electrons. The van der Waals surface area contributed by atoms with Gasteiger partial charge in [-0.1, -0.05) is 55.3 Å². The zero-order valence-corrected chi connectivity index (χ0v) is 19.2. The lowest BCUT2D eigenvalue weighted by molar-refractivity contribution is -0.115. The standard InChI is InChI=1S/C30H32N2O/c33-29(14-20-8-3-7-19-6-1-2-11-24(19)20)31-23-15-27-25-12-4-9-21(25)17-32-18-22-10-5-13-26(22)28(16-23)30(27)32/h1-3,6-8,11,15-16,21-22,25-26H,4-5,9-10,12-14,17-18H2,(H,31,33)/t21-,22-,25-,26-/m1/s1. The van der Waals surface area contributed by atoms with Gasteiger partial charge in [-0.25, -0.2) is 0 Å². The fraction of sp³-hybridized carbons (Fsp3) is 0.433. The van der Waals surface area contributed by atoms with Crippen molar-refractivity contribution in [2.75, 3.05) is 23.3 Å². The van der Waals surface area contributed by atoms with Gasteiger partial charge in [-0.3, -0.25) is 4.79 Å². The summed E-state index contributed by atoms with van der Waals surface area (Å²) in [6.45, 7) is 2.50. The van der Waals surface area contributed by atoms with Crippen LogP contribution in [-0.4, -0.2) is 19.0 Å². The lowest BCUT2D eigenvalue weighted by Crippen LogP contribution is -2.43. The maximum absolute atomic E-state index is 13.2. The van der Waals surface area contributed by atoms with E-state index in [0.717, 1.165) is 23.1 Å². The lowest BCUT2D eigenvalue weighted by Gasteiger charge is -2.46. The Morgan fingerprint density at radius 2 is 1.52 bits per heavy atom. The average molecular weight is 437 g/mol. The van der Waals surface area contributed by atoms with E-state index in [-0.39, 0.29) is 5.91 Å². The van der Waals surface area contributed by atoms with Crippen LogP contribution in [-0.2, 0) is 11.2 Å². The van der Waals surface area contributed by atoms with E-state index in [1.807, 2.05) is 0 Å². The average Bonchev–Trinajstić information content (AvgIpc) is 3.49. The lowest BCUT2D eigenvalue weighted by atomic mass is 9.75. The molecule has 3 nitrogen and oxygen atoms in total. The molecule has 1 amide bonds. The van der Waals surface area contributed by atoms with Gasteiger partial charge in [0, 0.05) is 24.5 Å². The van der Waals surface area contributed by atoms with E-state index in [2.05, 4.69) is 64.8 Å². The molecule has 0 spiro atoms. The highest BCUT2D eigenvalue weighted by Gasteiger charge is 2.44. The van der Waals surface area contributed by atoms with E-state index in [1.165, 1.54) is 73.5 Å². The van der Waals surface area contributed by atoms with Gasteiger partial charge in [0.2, 0.25) is 5.91 Å². The maximum Gasteiger partial charge on any atom is 0.228 e. The van der Waals surface area contributed by atoms with Gasteiger partial charge in [0.15, 0.2) is 0 Å². The van der Waals surface area contributed by atoms with Crippen molar-refractivity contribution in [3.8, 4) is 0 Å². The van der Waals surface area contributed by atoms with Gasteiger partial charge in [0.05, 0.1) is 6.42 Å². The van der Waals surface area contributed by atoms with E-state index in [1.54, 1.807) is 5.69 Å². The summed E-state index contributed by atoms with van der Waals surface area (Å²) in [6, 6.07) is 19.3. The molecule has 2 heterocycles. The third-order valence-electron chi connectivity index (χ3n) is 9.03. The van der Waals surface area contributed by atoms with Crippen molar-refractivity contribution < 1.29 is 4.79 Å². The van der Waals surface area contributed by atoms with E-state index < -0.39 is 0 Å². The van der Waals surface area contributed by atoms with Crippen LogP contribution >= 0.6 is 0 Å². The van der Waals surface area contributed by atoms with Crippen LogP contribution in [0.25, 0.3) is 10.8 Å². The van der Waals surface area contributed by atoms with Crippen LogP contribution in [0.1, 0.15) is 67.1 Å². The minimum atomic E-state index is 0.0907. The fourth-order valence-corrected chi connectivity index (χ4v) is 7.66. The number of nitrogens with one attached hydrogen (secondary N) is 1. The highest BCUT2D eigenvalue weighted by Crippen LogP contribution is 2.56. The molecule has 4 atom stereocenters. The minimum Gasteiger partial charge on any atom is -0.370 e. The van der Waals surface area contributed by atoms with Crippen molar-refractivity contribution in [1.82, 2.24) is 0 Å². The molecule has 33 heavy (non-hydrogen) atoms. The van der Waals surface area contributed by atoms with E-state index >= 15 is 0 Å². The monoisotopic (exact) mass is 436 g/mol. The molecule has 3 heteroatoms. The molecule has 2 fully saturated rings. The Morgan fingerprint density at radius 1 is 0.848 bits per heavy atom. The summed E-state index contributed by atoms with van der Waals surface area (Å²) in [5.74, 6) is 3.05. The molecule has 7 rings (SSSR count). The van der Waals surface area contributed by atoms with Crippen LogP contribution in [0.3, 0.4) is 0 Å². The number of benzene rings is 3. The zero-order chi connectivity index (χ0) is 21.9. The highest BCUT2D eigenvalue weighted by molar-refractivity contribution is 5.96. The number of carbonyl (C=O) groups is 1. The minimum absolute atomic E-state index is 0.0907. The van der Waals surface area contributed by atoms with Crippen molar-refractivity contribution >= 4 is 28.1 Å². The summed E-state index contributed by atoms with van der Waals surface area (Å²) in [4.78, 5) is 15.9. The van der Waals surface area contributed by atoms with Crippen LogP contribution in [0, 0.1) is 11.8 Å². The Bertz CT molecular complexity index is 1200. The van der Waals surface area contributed by atoms with Gasteiger partial charge in [-0.2, -0.15) is 0 Å². The van der Waals surface area contributed by atoms with E-state index in [0.29, 0.717) is 18.3 Å². The largest absolute Gasteiger partial charge is 0.370 e. The molecule has 2 saturated carbocycles. The van der Waals surface area contributed by atoms with Crippen LogP contribution < -0.4 is 10.2 Å². The second-order valence-electron chi connectivity index (χ2n) is 10.9. The van der Waals surface area contributed by atoms with Crippen LogP contribution in [0.5, 0.6) is 0 Å². The van der Waals surface area contributed by atoms with Crippen molar-refractivity contribution in [2.45, 2.75) is 56.8 Å². The van der Waals surface area contributed by atoms with Crippen molar-refractivity contribution in [1.29, 1.82) is 0 Å². The molecule has 3 aromatic rings. The van der Waals surface area contributed by atoms with Crippen molar-refractivity contribution in [2.24, 2.45) is 11.8 Å². The zero-order valence-electron chi connectivity index (χ0n) is 19.2. The summed E-state index contributed by atoms with van der Waals surface area (Å²) in [7, 11) is 0. The molecule has 0 unspecified atom stereocenters. The van der Waals surface area contributed by atoms with Gasteiger partial charge in [0.25, 0.3) is 0 Å². The molecule has 0 bridgehead atoms. The Balaban J connectivity index is 1.23. The van der Waals surface area contributed by atoms with Crippen molar-refractivity contribution in [3.05, 3.63) is 71.3 Å². The van der Waals surface area contributed by atoms with Gasteiger partial charge >= 0.3 is 0 Å². The second kappa shape index (κ2) is 7.62. The van der Waals surface area contributed by atoms with Gasteiger partial charge in [-0.05, 0) is 89.0 Å². The summed E-state index contributed by atoms with van der Waals surface area (Å²) >= 11 is 0. The van der Waals surface area contributed by atoms with Crippen LogP contribution in [0.4, 0.5) is 11.4 Å². The van der Waals surface area contributed by atoms with E-state index in [4.69, 9.17) is 0 Å². The summed E-state index contributed by atoms with van der Waals surface area (Å²) in [5, 5.41) is 5.69. The second-order valence-corrected chi connectivity index (χ2v) is 10.9. The third kappa shape index (κ3) is 3.19. The molecule has 3 aromatic carbocycles. The molecule has 1 N–H and O–H groups in total. The smallest absolute Gasteiger partial charge is 0.228 e. The first-order chi connectivity index (χ1) is 16.2. The summed E-state index contributed by atoms with van der Waals surface area (Å²) in [5.41, 5.74) is 6.74. The Morgan fingerprint density at radius 3 is 2.24 bits per heavy atom. The third-order valence-corrected chi connectivity index (χ3v) is 9.03. The molecular formula is C30H32N2O. The fourth-order valence-electron chi connectivity index (χ4n) is 7.66. The number of nitrogens with zero attached hydrogens (tertiary/aromatic N) is 1. The van der Waals surface area contributed by atoms with Gasteiger partial charge in [-0.15, -0.1) is 0 Å². The first kappa shape index (κ1) is 19.6. The molecule has 0 saturated heterocycles. The molecule has 0 aromatic heterocycles. The van der Waals surface area contributed by atoms with Crippen LogP contribution in [0.2, 0.25) is 0 Å². The number of carbonyl (C=O) groups excluding carboxylic acids is 1.